The molecule has 1 rings (SSSR count). The Balaban J connectivity index is 1.93. The van der Waals surface area contributed by atoms with Gasteiger partial charge in [-0.3, -0.25) is 0 Å². The summed E-state index contributed by atoms with van der Waals surface area (Å²) in [6.45, 7) is 5.10. The number of aliphatic hydroxyl groups is 1. The molecule has 0 aromatic rings. The van der Waals surface area contributed by atoms with Gasteiger partial charge in [-0.2, -0.15) is 0 Å². The fourth-order valence-electron chi connectivity index (χ4n) is 1.15. The van der Waals surface area contributed by atoms with Crippen LogP contribution in [-0.4, -0.2) is 43.5 Å². The van der Waals surface area contributed by atoms with Gasteiger partial charge in [0.15, 0.2) is 0 Å². The van der Waals surface area contributed by atoms with Gasteiger partial charge < -0.3 is 20.5 Å². The van der Waals surface area contributed by atoms with E-state index in [1.807, 2.05) is 0 Å². The normalized spacial score (nSPS) is 16.6. The molecule has 0 saturated heterocycles. The Hall–Kier alpha value is -1.07. The van der Waals surface area contributed by atoms with Crippen LogP contribution in [0.25, 0.3) is 0 Å². The van der Waals surface area contributed by atoms with Crippen molar-refractivity contribution in [3.8, 4) is 0 Å². The number of aliphatic hydroxyl groups excluding tert-OH is 1. The maximum absolute atomic E-state index is 11.1. The second-order valence-corrected chi connectivity index (χ2v) is 4.01. The second-order valence-electron chi connectivity index (χ2n) is 4.01. The van der Waals surface area contributed by atoms with E-state index < -0.39 is 6.10 Å². The molecule has 0 aliphatic heterocycles. The number of carbonyl (C=O) groups is 1. The van der Waals surface area contributed by atoms with E-state index in [0.717, 1.165) is 6.61 Å². The van der Waals surface area contributed by atoms with E-state index >= 15 is 0 Å². The first-order valence-corrected chi connectivity index (χ1v) is 5.60. The molecule has 2 amide bonds. The van der Waals surface area contributed by atoms with E-state index in [-0.39, 0.29) is 19.2 Å². The van der Waals surface area contributed by atoms with E-state index in [0.29, 0.717) is 12.5 Å². The zero-order chi connectivity index (χ0) is 11.8. The van der Waals surface area contributed by atoms with Gasteiger partial charge in [-0.1, -0.05) is 6.08 Å². The van der Waals surface area contributed by atoms with Gasteiger partial charge in [0.25, 0.3) is 0 Å². The van der Waals surface area contributed by atoms with Gasteiger partial charge in [-0.25, -0.2) is 4.79 Å². The molecule has 1 aliphatic rings. The van der Waals surface area contributed by atoms with Gasteiger partial charge in [0.1, 0.15) is 0 Å². The van der Waals surface area contributed by atoms with Crippen LogP contribution in [-0.2, 0) is 4.74 Å². The second kappa shape index (κ2) is 7.24. The first kappa shape index (κ1) is 13.0. The highest BCUT2D eigenvalue weighted by Crippen LogP contribution is 2.28. The summed E-state index contributed by atoms with van der Waals surface area (Å²) in [5.41, 5.74) is 0. The van der Waals surface area contributed by atoms with Crippen LogP contribution in [0.3, 0.4) is 0 Å². The van der Waals surface area contributed by atoms with Crippen LogP contribution < -0.4 is 10.6 Å². The number of amides is 2. The quantitative estimate of drug-likeness (QED) is 0.522. The van der Waals surface area contributed by atoms with Crippen molar-refractivity contribution in [3.63, 3.8) is 0 Å². The number of nitrogens with one attached hydrogen (secondary N) is 2. The summed E-state index contributed by atoms with van der Waals surface area (Å²) in [4.78, 5) is 11.1. The van der Waals surface area contributed by atoms with Crippen LogP contribution in [0.1, 0.15) is 12.8 Å². The average molecular weight is 228 g/mol. The van der Waals surface area contributed by atoms with E-state index in [1.54, 1.807) is 6.08 Å². The minimum Gasteiger partial charge on any atom is -0.389 e. The molecule has 16 heavy (non-hydrogen) atoms. The van der Waals surface area contributed by atoms with Crippen LogP contribution in [0, 0.1) is 5.92 Å². The monoisotopic (exact) mass is 228 g/mol. The average Bonchev–Trinajstić information content (AvgIpc) is 3.07. The third-order valence-corrected chi connectivity index (χ3v) is 2.27. The molecule has 1 fully saturated rings. The van der Waals surface area contributed by atoms with Crippen molar-refractivity contribution in [2.75, 3.05) is 26.3 Å². The maximum atomic E-state index is 11.1. The minimum atomic E-state index is -0.645. The smallest absolute Gasteiger partial charge is 0.315 e. The predicted octanol–water partition coefficient (Wildman–Crippen LogP) is 0.259. The molecule has 0 bridgehead atoms. The highest BCUT2D eigenvalue weighted by atomic mass is 16.5. The number of ether oxygens (including phenoxy) is 1. The molecule has 0 spiro atoms. The zero-order valence-electron chi connectivity index (χ0n) is 9.45. The standard InChI is InChI=1S/C11H20N2O3/c1-2-5-12-11(15)13-6-10(14)8-16-7-9-3-4-9/h2,9-10,14H,1,3-8H2,(H2,12,13,15). The molecule has 0 aromatic heterocycles. The zero-order valence-corrected chi connectivity index (χ0v) is 9.45. The van der Waals surface area contributed by atoms with Crippen molar-refractivity contribution in [1.29, 1.82) is 0 Å². The van der Waals surface area contributed by atoms with Crippen molar-refractivity contribution in [2.24, 2.45) is 5.92 Å². The summed E-state index contributed by atoms with van der Waals surface area (Å²) in [5.74, 6) is 0.691. The van der Waals surface area contributed by atoms with Crippen molar-refractivity contribution in [1.82, 2.24) is 10.6 Å². The predicted molar refractivity (Wildman–Crippen MR) is 61.1 cm³/mol. The first-order chi connectivity index (χ1) is 7.72. The molecule has 0 radical (unpaired) electrons. The lowest BCUT2D eigenvalue weighted by atomic mass is 10.4. The summed E-state index contributed by atoms with van der Waals surface area (Å²) in [5, 5.41) is 14.6. The van der Waals surface area contributed by atoms with Crippen molar-refractivity contribution < 1.29 is 14.6 Å². The third kappa shape index (κ3) is 6.42. The Bertz CT molecular complexity index is 229. The van der Waals surface area contributed by atoms with Gasteiger partial charge in [0, 0.05) is 19.7 Å². The van der Waals surface area contributed by atoms with Gasteiger partial charge in [0.2, 0.25) is 0 Å². The topological polar surface area (TPSA) is 70.6 Å². The van der Waals surface area contributed by atoms with E-state index in [1.165, 1.54) is 12.8 Å². The van der Waals surface area contributed by atoms with Crippen LogP contribution in [0.4, 0.5) is 4.79 Å². The molecular formula is C11H20N2O3. The highest BCUT2D eigenvalue weighted by molar-refractivity contribution is 5.73. The molecule has 92 valence electrons. The van der Waals surface area contributed by atoms with Crippen LogP contribution in [0.5, 0.6) is 0 Å². The molecule has 1 atom stereocenters. The Morgan fingerprint density at radius 2 is 2.31 bits per heavy atom. The molecule has 1 unspecified atom stereocenters. The summed E-state index contributed by atoms with van der Waals surface area (Å²) in [7, 11) is 0. The van der Waals surface area contributed by atoms with Crippen molar-refractivity contribution in [2.45, 2.75) is 18.9 Å². The molecule has 0 aromatic carbocycles. The Kier molecular flexibility index (Phi) is 5.88. The SMILES string of the molecule is C=CCNC(=O)NCC(O)COCC1CC1. The fraction of sp³-hybridized carbons (Fsp3) is 0.727. The molecule has 1 aliphatic carbocycles. The van der Waals surface area contributed by atoms with Gasteiger partial charge >= 0.3 is 6.03 Å². The molecule has 0 heterocycles. The minimum absolute atomic E-state index is 0.202. The largest absolute Gasteiger partial charge is 0.389 e. The lowest BCUT2D eigenvalue weighted by molar-refractivity contribution is 0.0337. The molecule has 5 heteroatoms. The van der Waals surface area contributed by atoms with E-state index in [9.17, 15) is 9.90 Å². The fourth-order valence-corrected chi connectivity index (χ4v) is 1.15. The Labute approximate surface area is 95.9 Å². The lowest BCUT2D eigenvalue weighted by Gasteiger charge is -2.12. The lowest BCUT2D eigenvalue weighted by Crippen LogP contribution is -2.41. The number of hydrogen-bond donors (Lipinski definition) is 3. The number of hydrogen-bond acceptors (Lipinski definition) is 3. The molecule has 5 nitrogen and oxygen atoms in total. The van der Waals surface area contributed by atoms with Crippen molar-refractivity contribution in [3.05, 3.63) is 12.7 Å². The highest BCUT2D eigenvalue weighted by Gasteiger charge is 2.21. The van der Waals surface area contributed by atoms with Gasteiger partial charge in [-0.15, -0.1) is 6.58 Å². The van der Waals surface area contributed by atoms with E-state index in [2.05, 4.69) is 17.2 Å². The first-order valence-electron chi connectivity index (χ1n) is 5.60. The maximum Gasteiger partial charge on any atom is 0.315 e. The Morgan fingerprint density at radius 1 is 1.56 bits per heavy atom. The van der Waals surface area contributed by atoms with Gasteiger partial charge in [0.05, 0.1) is 12.7 Å². The van der Waals surface area contributed by atoms with Crippen LogP contribution >= 0.6 is 0 Å². The van der Waals surface area contributed by atoms with Gasteiger partial charge in [-0.05, 0) is 18.8 Å². The number of carbonyl (C=O) groups excluding carboxylic acids is 1. The third-order valence-electron chi connectivity index (χ3n) is 2.27. The summed E-state index contributed by atoms with van der Waals surface area (Å²) in [6.07, 6.45) is 3.42. The number of urea groups is 1. The van der Waals surface area contributed by atoms with E-state index in [4.69, 9.17) is 4.74 Å². The summed E-state index contributed by atoms with van der Waals surface area (Å²) in [6, 6.07) is -0.304. The van der Waals surface area contributed by atoms with Crippen LogP contribution in [0.2, 0.25) is 0 Å². The van der Waals surface area contributed by atoms with Crippen molar-refractivity contribution >= 4 is 6.03 Å². The molecule has 3 N–H and O–H groups in total. The summed E-state index contributed by atoms with van der Waals surface area (Å²) >= 11 is 0. The summed E-state index contributed by atoms with van der Waals surface area (Å²) < 4.78 is 5.29. The number of rotatable bonds is 8. The molecule has 1 saturated carbocycles. The molecular weight excluding hydrogens is 208 g/mol. The van der Waals surface area contributed by atoms with Crippen LogP contribution in [0.15, 0.2) is 12.7 Å². The Morgan fingerprint density at radius 3 is 2.94 bits per heavy atom.